The van der Waals surface area contributed by atoms with Crippen LogP contribution in [0.4, 0.5) is 0 Å². The Morgan fingerprint density at radius 2 is 1.87 bits per heavy atom. The lowest BCUT2D eigenvalue weighted by Gasteiger charge is -2.07. The first-order valence-corrected chi connectivity index (χ1v) is 5.01. The topological polar surface area (TPSA) is 33.1 Å². The molecular weight excluding hydrogens is 186 g/mol. The van der Waals surface area contributed by atoms with E-state index in [0.717, 1.165) is 11.1 Å². The largest absolute Gasteiger partial charge is 0.396 e. The number of nitrogens with zero attached hydrogens (tertiary/aromatic N) is 1. The minimum absolute atomic E-state index is 0.158. The molecule has 2 nitrogen and oxygen atoms in total. The molecular formula is C13H13NO. The summed E-state index contributed by atoms with van der Waals surface area (Å²) < 4.78 is 0. The van der Waals surface area contributed by atoms with Crippen molar-refractivity contribution in [3.8, 4) is 11.1 Å². The number of aliphatic hydroxyl groups is 1. The predicted molar refractivity (Wildman–Crippen MR) is 60.5 cm³/mol. The second kappa shape index (κ2) is 4.71. The maximum absolute atomic E-state index is 8.96. The SMILES string of the molecule is OCCc1cnccc1-c1ccccc1. The van der Waals surface area contributed by atoms with Crippen molar-refractivity contribution in [1.82, 2.24) is 4.98 Å². The molecule has 2 heteroatoms. The summed E-state index contributed by atoms with van der Waals surface area (Å²) >= 11 is 0. The number of aliphatic hydroxyl groups excluding tert-OH is 1. The predicted octanol–water partition coefficient (Wildman–Crippen LogP) is 2.28. The summed E-state index contributed by atoms with van der Waals surface area (Å²) in [5.74, 6) is 0. The van der Waals surface area contributed by atoms with E-state index in [1.165, 1.54) is 5.56 Å². The summed E-state index contributed by atoms with van der Waals surface area (Å²) in [4.78, 5) is 4.08. The van der Waals surface area contributed by atoms with Crippen molar-refractivity contribution < 1.29 is 5.11 Å². The van der Waals surface area contributed by atoms with Gasteiger partial charge >= 0.3 is 0 Å². The van der Waals surface area contributed by atoms with Crippen molar-refractivity contribution >= 4 is 0 Å². The van der Waals surface area contributed by atoms with Crippen molar-refractivity contribution in [2.45, 2.75) is 6.42 Å². The Balaban J connectivity index is 2.43. The van der Waals surface area contributed by atoms with Crippen LogP contribution in [0.1, 0.15) is 5.56 Å². The van der Waals surface area contributed by atoms with Gasteiger partial charge in [0.15, 0.2) is 0 Å². The van der Waals surface area contributed by atoms with Crippen LogP contribution in [0.2, 0.25) is 0 Å². The minimum atomic E-state index is 0.158. The van der Waals surface area contributed by atoms with E-state index in [2.05, 4.69) is 17.1 Å². The summed E-state index contributed by atoms with van der Waals surface area (Å²) in [6, 6.07) is 12.1. The van der Waals surface area contributed by atoms with Gasteiger partial charge in [0.05, 0.1) is 0 Å². The zero-order valence-electron chi connectivity index (χ0n) is 8.43. The number of pyridine rings is 1. The number of rotatable bonds is 3. The zero-order valence-corrected chi connectivity index (χ0v) is 8.43. The van der Waals surface area contributed by atoms with Crippen molar-refractivity contribution in [3.05, 3.63) is 54.4 Å². The molecule has 0 aliphatic carbocycles. The van der Waals surface area contributed by atoms with Crippen molar-refractivity contribution in [1.29, 1.82) is 0 Å². The van der Waals surface area contributed by atoms with Crippen LogP contribution in [0.15, 0.2) is 48.8 Å². The van der Waals surface area contributed by atoms with Gasteiger partial charge in [-0.05, 0) is 29.2 Å². The first kappa shape index (κ1) is 9.87. The molecule has 0 saturated carbocycles. The standard InChI is InChI=1S/C13H13NO/c15-9-7-12-10-14-8-6-13(12)11-4-2-1-3-5-11/h1-6,8,10,15H,7,9H2. The number of hydrogen-bond acceptors (Lipinski definition) is 2. The lowest BCUT2D eigenvalue weighted by molar-refractivity contribution is 0.299. The molecule has 0 fully saturated rings. The molecule has 0 saturated heterocycles. The number of benzene rings is 1. The molecule has 0 radical (unpaired) electrons. The number of hydrogen-bond donors (Lipinski definition) is 1. The normalized spacial score (nSPS) is 10.2. The van der Waals surface area contributed by atoms with Gasteiger partial charge < -0.3 is 5.11 Å². The highest BCUT2D eigenvalue weighted by molar-refractivity contribution is 5.66. The summed E-state index contributed by atoms with van der Waals surface area (Å²) in [6.45, 7) is 0.158. The fraction of sp³-hybridized carbons (Fsp3) is 0.154. The van der Waals surface area contributed by atoms with E-state index in [1.54, 1.807) is 6.20 Å². The third-order valence-electron chi connectivity index (χ3n) is 2.37. The molecule has 0 atom stereocenters. The van der Waals surface area contributed by atoms with Gasteiger partial charge in [-0.2, -0.15) is 0 Å². The molecule has 0 aliphatic heterocycles. The van der Waals surface area contributed by atoms with Crippen molar-refractivity contribution in [2.24, 2.45) is 0 Å². The first-order chi connectivity index (χ1) is 7.42. The molecule has 2 aromatic rings. The quantitative estimate of drug-likeness (QED) is 0.822. The van der Waals surface area contributed by atoms with Gasteiger partial charge in [-0.15, -0.1) is 0 Å². The minimum Gasteiger partial charge on any atom is -0.396 e. The van der Waals surface area contributed by atoms with Crippen LogP contribution in [0.25, 0.3) is 11.1 Å². The second-order valence-electron chi connectivity index (χ2n) is 3.37. The summed E-state index contributed by atoms with van der Waals surface area (Å²) in [5, 5.41) is 8.96. The molecule has 0 spiro atoms. The number of aromatic nitrogens is 1. The fourth-order valence-electron chi connectivity index (χ4n) is 1.65. The van der Waals surface area contributed by atoms with Crippen molar-refractivity contribution in [2.75, 3.05) is 6.61 Å². The Morgan fingerprint density at radius 1 is 1.07 bits per heavy atom. The van der Waals surface area contributed by atoms with E-state index in [-0.39, 0.29) is 6.61 Å². The molecule has 0 unspecified atom stereocenters. The molecule has 2 rings (SSSR count). The van der Waals surface area contributed by atoms with E-state index in [1.807, 2.05) is 30.5 Å². The summed E-state index contributed by atoms with van der Waals surface area (Å²) in [5.41, 5.74) is 3.41. The Kier molecular flexibility index (Phi) is 3.10. The highest BCUT2D eigenvalue weighted by Crippen LogP contribution is 2.22. The van der Waals surface area contributed by atoms with E-state index in [9.17, 15) is 0 Å². The zero-order chi connectivity index (χ0) is 10.5. The Morgan fingerprint density at radius 3 is 2.60 bits per heavy atom. The van der Waals surface area contributed by atoms with Crippen LogP contribution in [-0.2, 0) is 6.42 Å². The third-order valence-corrected chi connectivity index (χ3v) is 2.37. The second-order valence-corrected chi connectivity index (χ2v) is 3.37. The molecule has 0 amide bonds. The lowest BCUT2D eigenvalue weighted by atomic mass is 10.0. The fourth-order valence-corrected chi connectivity index (χ4v) is 1.65. The molecule has 1 aromatic carbocycles. The lowest BCUT2D eigenvalue weighted by Crippen LogP contribution is -1.94. The molecule has 15 heavy (non-hydrogen) atoms. The smallest absolute Gasteiger partial charge is 0.0472 e. The van der Waals surface area contributed by atoms with Gasteiger partial charge in [0, 0.05) is 19.0 Å². The van der Waals surface area contributed by atoms with Gasteiger partial charge in [0.2, 0.25) is 0 Å². The van der Waals surface area contributed by atoms with Crippen LogP contribution in [-0.4, -0.2) is 16.7 Å². The van der Waals surface area contributed by atoms with Gasteiger partial charge in [0.1, 0.15) is 0 Å². The molecule has 76 valence electrons. The van der Waals surface area contributed by atoms with Crippen LogP contribution >= 0.6 is 0 Å². The van der Waals surface area contributed by atoms with E-state index in [4.69, 9.17) is 5.11 Å². The average molecular weight is 199 g/mol. The highest BCUT2D eigenvalue weighted by atomic mass is 16.2. The van der Waals surface area contributed by atoms with Crippen molar-refractivity contribution in [3.63, 3.8) is 0 Å². The van der Waals surface area contributed by atoms with Gasteiger partial charge in [-0.3, -0.25) is 4.98 Å². The van der Waals surface area contributed by atoms with Crippen LogP contribution in [0, 0.1) is 0 Å². The molecule has 0 aliphatic rings. The maximum Gasteiger partial charge on any atom is 0.0472 e. The summed E-state index contributed by atoms with van der Waals surface area (Å²) in [7, 11) is 0. The Bertz CT molecular complexity index is 426. The Labute approximate surface area is 89.2 Å². The monoisotopic (exact) mass is 199 g/mol. The van der Waals surface area contributed by atoms with E-state index >= 15 is 0 Å². The van der Waals surface area contributed by atoms with E-state index < -0.39 is 0 Å². The van der Waals surface area contributed by atoms with Gasteiger partial charge in [0.25, 0.3) is 0 Å². The van der Waals surface area contributed by atoms with Crippen LogP contribution in [0.5, 0.6) is 0 Å². The first-order valence-electron chi connectivity index (χ1n) is 5.01. The molecule has 1 aromatic heterocycles. The van der Waals surface area contributed by atoms with Gasteiger partial charge in [-0.25, -0.2) is 0 Å². The molecule has 1 N–H and O–H groups in total. The maximum atomic E-state index is 8.96. The van der Waals surface area contributed by atoms with Crippen LogP contribution in [0.3, 0.4) is 0 Å². The molecule has 0 bridgehead atoms. The highest BCUT2D eigenvalue weighted by Gasteiger charge is 2.03. The average Bonchev–Trinajstić information content (AvgIpc) is 2.31. The van der Waals surface area contributed by atoms with Crippen LogP contribution < -0.4 is 0 Å². The summed E-state index contributed by atoms with van der Waals surface area (Å²) in [6.07, 6.45) is 4.25. The Hall–Kier alpha value is -1.67. The van der Waals surface area contributed by atoms with Gasteiger partial charge in [-0.1, -0.05) is 30.3 Å². The van der Waals surface area contributed by atoms with E-state index in [0.29, 0.717) is 6.42 Å². The molecule has 1 heterocycles. The third kappa shape index (κ3) is 2.22.